The smallest absolute Gasteiger partial charge is 0.257 e. The molecule has 1 unspecified atom stereocenters. The first-order valence-electron chi connectivity index (χ1n) is 9.79. The maximum absolute atomic E-state index is 14.7. The molecule has 0 spiro atoms. The fraction of sp³-hybridized carbons (Fsp3) is 0.364. The SMILES string of the molecule is Cc1cc(C)n2ccnc2c1C(=O)N1CCN(C(F)Cc2ccc(F)cc2)CC1. The van der Waals surface area contributed by atoms with E-state index in [1.807, 2.05) is 30.5 Å². The molecule has 0 radical (unpaired) electrons. The molecule has 1 amide bonds. The van der Waals surface area contributed by atoms with Crippen LogP contribution < -0.4 is 0 Å². The van der Waals surface area contributed by atoms with Gasteiger partial charge in [0.25, 0.3) is 5.91 Å². The van der Waals surface area contributed by atoms with Crippen LogP contribution in [0, 0.1) is 19.7 Å². The summed E-state index contributed by atoms with van der Waals surface area (Å²) < 4.78 is 29.6. The van der Waals surface area contributed by atoms with Crippen LogP contribution in [-0.2, 0) is 6.42 Å². The third-order valence-corrected chi connectivity index (χ3v) is 5.59. The number of hydrogen-bond acceptors (Lipinski definition) is 3. The van der Waals surface area contributed by atoms with Gasteiger partial charge in [-0.1, -0.05) is 12.1 Å². The molecule has 0 N–H and O–H groups in total. The van der Waals surface area contributed by atoms with Gasteiger partial charge in [-0.05, 0) is 43.2 Å². The first-order chi connectivity index (χ1) is 13.9. The summed E-state index contributed by atoms with van der Waals surface area (Å²) in [4.78, 5) is 21.0. The number of imidazole rings is 1. The summed E-state index contributed by atoms with van der Waals surface area (Å²) in [6.45, 7) is 5.75. The Hall–Kier alpha value is -2.80. The van der Waals surface area contributed by atoms with E-state index < -0.39 is 6.30 Å². The highest BCUT2D eigenvalue weighted by molar-refractivity contribution is 6.01. The Balaban J connectivity index is 1.43. The Labute approximate surface area is 168 Å². The number of pyridine rings is 1. The number of piperazine rings is 1. The summed E-state index contributed by atoms with van der Waals surface area (Å²) in [6.07, 6.45) is 2.60. The summed E-state index contributed by atoms with van der Waals surface area (Å²) in [5.74, 6) is -0.387. The van der Waals surface area contributed by atoms with Gasteiger partial charge in [-0.15, -0.1) is 0 Å². The third kappa shape index (κ3) is 3.87. The molecule has 29 heavy (non-hydrogen) atoms. The van der Waals surface area contributed by atoms with Gasteiger partial charge in [0.05, 0.1) is 5.56 Å². The number of rotatable bonds is 4. The maximum Gasteiger partial charge on any atom is 0.257 e. The largest absolute Gasteiger partial charge is 0.336 e. The lowest BCUT2D eigenvalue weighted by Gasteiger charge is -2.36. The van der Waals surface area contributed by atoms with Crippen LogP contribution in [0.3, 0.4) is 0 Å². The molecule has 0 bridgehead atoms. The Morgan fingerprint density at radius 2 is 1.83 bits per heavy atom. The zero-order chi connectivity index (χ0) is 20.5. The van der Waals surface area contributed by atoms with Gasteiger partial charge in [0, 0.05) is 50.7 Å². The standard InChI is InChI=1S/C22H24F2N4O/c1-15-13-16(2)28-8-7-25-21(28)20(15)22(29)27-11-9-26(10-12-27)19(24)14-17-3-5-18(23)6-4-17/h3-8,13,19H,9-12,14H2,1-2H3. The zero-order valence-electron chi connectivity index (χ0n) is 16.6. The first kappa shape index (κ1) is 19.5. The lowest BCUT2D eigenvalue weighted by Crippen LogP contribution is -2.51. The molecule has 4 rings (SSSR count). The van der Waals surface area contributed by atoms with E-state index >= 15 is 0 Å². The van der Waals surface area contributed by atoms with Crippen LogP contribution in [0.4, 0.5) is 8.78 Å². The Morgan fingerprint density at radius 1 is 1.14 bits per heavy atom. The van der Waals surface area contributed by atoms with Gasteiger partial charge >= 0.3 is 0 Å². The van der Waals surface area contributed by atoms with Gasteiger partial charge < -0.3 is 9.30 Å². The molecule has 1 fully saturated rings. The van der Waals surface area contributed by atoms with E-state index in [0.29, 0.717) is 37.4 Å². The number of benzene rings is 1. The number of aromatic nitrogens is 2. The van der Waals surface area contributed by atoms with Gasteiger partial charge in [-0.25, -0.2) is 13.8 Å². The van der Waals surface area contributed by atoms with E-state index in [1.54, 1.807) is 28.1 Å². The predicted molar refractivity (Wildman–Crippen MR) is 107 cm³/mol. The molecular weight excluding hydrogens is 374 g/mol. The summed E-state index contributed by atoms with van der Waals surface area (Å²) >= 11 is 0. The van der Waals surface area contributed by atoms with E-state index in [2.05, 4.69) is 4.98 Å². The molecule has 3 aromatic rings. The van der Waals surface area contributed by atoms with Crippen LogP contribution in [-0.4, -0.2) is 57.6 Å². The van der Waals surface area contributed by atoms with Gasteiger partial charge in [0.2, 0.25) is 0 Å². The number of aryl methyl sites for hydroxylation is 2. The number of carbonyl (C=O) groups excluding carboxylic acids is 1. The number of fused-ring (bicyclic) bond motifs is 1. The maximum atomic E-state index is 14.7. The van der Waals surface area contributed by atoms with Crippen molar-refractivity contribution in [2.24, 2.45) is 0 Å². The summed E-state index contributed by atoms with van der Waals surface area (Å²) in [7, 11) is 0. The van der Waals surface area contributed by atoms with Crippen molar-refractivity contribution in [3.05, 3.63) is 70.9 Å². The molecule has 1 aliphatic rings. The highest BCUT2D eigenvalue weighted by atomic mass is 19.1. The monoisotopic (exact) mass is 398 g/mol. The third-order valence-electron chi connectivity index (χ3n) is 5.59. The van der Waals surface area contributed by atoms with E-state index in [9.17, 15) is 13.6 Å². The van der Waals surface area contributed by atoms with Crippen molar-refractivity contribution in [1.29, 1.82) is 0 Å². The van der Waals surface area contributed by atoms with Crippen LogP contribution in [0.25, 0.3) is 5.65 Å². The van der Waals surface area contributed by atoms with Gasteiger partial charge in [-0.2, -0.15) is 0 Å². The number of nitrogens with zero attached hydrogens (tertiary/aromatic N) is 4. The lowest BCUT2D eigenvalue weighted by molar-refractivity contribution is 0.0280. The number of alkyl halides is 1. The topological polar surface area (TPSA) is 40.9 Å². The molecular formula is C22H24F2N4O. The fourth-order valence-corrected chi connectivity index (χ4v) is 3.98. The quantitative estimate of drug-likeness (QED) is 0.633. The highest BCUT2D eigenvalue weighted by Crippen LogP contribution is 2.21. The van der Waals surface area contributed by atoms with Gasteiger partial charge in [-0.3, -0.25) is 9.69 Å². The molecule has 1 saturated heterocycles. The zero-order valence-corrected chi connectivity index (χ0v) is 16.6. The van der Waals surface area contributed by atoms with E-state index in [-0.39, 0.29) is 18.1 Å². The molecule has 0 saturated carbocycles. The van der Waals surface area contributed by atoms with Crippen LogP contribution in [0.1, 0.15) is 27.2 Å². The Morgan fingerprint density at radius 3 is 2.52 bits per heavy atom. The molecule has 1 aromatic carbocycles. The second kappa shape index (κ2) is 7.91. The predicted octanol–water partition coefficient (Wildman–Crippen LogP) is 3.39. The summed E-state index contributed by atoms with van der Waals surface area (Å²) in [5.41, 5.74) is 3.95. The Kier molecular flexibility index (Phi) is 5.32. The average Bonchev–Trinajstić information content (AvgIpc) is 3.20. The second-order valence-corrected chi connectivity index (χ2v) is 7.56. The molecule has 152 valence electrons. The number of amides is 1. The minimum atomic E-state index is -1.15. The molecule has 1 atom stereocenters. The van der Waals surface area contributed by atoms with Crippen molar-refractivity contribution >= 4 is 11.6 Å². The number of carbonyl (C=O) groups is 1. The molecule has 1 aliphatic heterocycles. The van der Waals surface area contributed by atoms with Gasteiger partial charge in [0.1, 0.15) is 11.5 Å². The van der Waals surface area contributed by atoms with Crippen LogP contribution >= 0.6 is 0 Å². The van der Waals surface area contributed by atoms with Crippen LogP contribution in [0.5, 0.6) is 0 Å². The lowest BCUT2D eigenvalue weighted by atomic mass is 10.1. The van der Waals surface area contributed by atoms with Crippen molar-refractivity contribution in [3.8, 4) is 0 Å². The molecule has 5 nitrogen and oxygen atoms in total. The van der Waals surface area contributed by atoms with Crippen molar-refractivity contribution in [1.82, 2.24) is 19.2 Å². The summed E-state index contributed by atoms with van der Waals surface area (Å²) in [5, 5.41) is 0. The van der Waals surface area contributed by atoms with Crippen molar-refractivity contribution in [2.75, 3.05) is 26.2 Å². The number of halogens is 2. The van der Waals surface area contributed by atoms with Crippen LogP contribution in [0.15, 0.2) is 42.7 Å². The van der Waals surface area contributed by atoms with Crippen molar-refractivity contribution in [2.45, 2.75) is 26.6 Å². The molecule has 2 aromatic heterocycles. The van der Waals surface area contributed by atoms with E-state index in [4.69, 9.17) is 0 Å². The highest BCUT2D eigenvalue weighted by Gasteiger charge is 2.28. The first-order valence-corrected chi connectivity index (χ1v) is 9.79. The number of hydrogen-bond donors (Lipinski definition) is 0. The molecule has 3 heterocycles. The Bertz CT molecular complexity index is 1020. The van der Waals surface area contributed by atoms with E-state index in [0.717, 1.165) is 16.8 Å². The van der Waals surface area contributed by atoms with Crippen molar-refractivity contribution in [3.63, 3.8) is 0 Å². The second-order valence-electron chi connectivity index (χ2n) is 7.56. The minimum absolute atomic E-state index is 0.0627. The fourth-order valence-electron chi connectivity index (χ4n) is 3.98. The normalized spacial score (nSPS) is 16.3. The van der Waals surface area contributed by atoms with Crippen molar-refractivity contribution < 1.29 is 13.6 Å². The molecule has 0 aliphatic carbocycles. The van der Waals surface area contributed by atoms with E-state index in [1.165, 1.54) is 12.1 Å². The average molecular weight is 398 g/mol. The molecule has 7 heteroatoms. The minimum Gasteiger partial charge on any atom is -0.336 e. The van der Waals surface area contributed by atoms with Crippen LogP contribution in [0.2, 0.25) is 0 Å². The van der Waals surface area contributed by atoms with Gasteiger partial charge in [0.15, 0.2) is 6.30 Å². The summed E-state index contributed by atoms with van der Waals surface area (Å²) in [6, 6.07) is 7.89.